The van der Waals surface area contributed by atoms with E-state index >= 15 is 0 Å². The Balaban J connectivity index is 2.55. The van der Waals surface area contributed by atoms with Crippen molar-refractivity contribution >= 4 is 12.2 Å². The third-order valence-electron chi connectivity index (χ3n) is 2.28. The van der Waals surface area contributed by atoms with Gasteiger partial charge in [0.05, 0.1) is 6.04 Å². The third kappa shape index (κ3) is 6.62. The molecule has 104 valence electrons. The Morgan fingerprint density at radius 3 is 2.53 bits per heavy atom. The zero-order valence-electron chi connectivity index (χ0n) is 11.7. The second kappa shape index (κ2) is 6.95. The van der Waals surface area contributed by atoms with Crippen molar-refractivity contribution in [1.29, 1.82) is 0 Å². The van der Waals surface area contributed by atoms with Crippen LogP contribution in [0.15, 0.2) is 36.4 Å². The second-order valence-corrected chi connectivity index (χ2v) is 5.26. The lowest BCUT2D eigenvalue weighted by molar-refractivity contribution is 0.0516. The molecule has 0 saturated carbocycles. The second-order valence-electron chi connectivity index (χ2n) is 5.26. The Kier molecular flexibility index (Phi) is 5.57. The molecule has 0 aliphatic heterocycles. The average Bonchev–Trinajstić information content (AvgIpc) is 2.33. The Labute approximate surface area is 114 Å². The van der Waals surface area contributed by atoms with E-state index in [9.17, 15) is 4.79 Å². The Morgan fingerprint density at radius 1 is 1.37 bits per heavy atom. The van der Waals surface area contributed by atoms with E-state index in [0.29, 0.717) is 6.54 Å². The fourth-order valence-corrected chi connectivity index (χ4v) is 1.44. The number of alkyl carbamates (subject to hydrolysis) is 1. The minimum Gasteiger partial charge on any atom is -0.444 e. The number of amides is 1. The highest BCUT2D eigenvalue weighted by Gasteiger charge is 2.17. The van der Waals surface area contributed by atoms with Gasteiger partial charge in [-0.2, -0.15) is 0 Å². The smallest absolute Gasteiger partial charge is 0.408 e. The molecular weight excluding hydrogens is 240 g/mol. The van der Waals surface area contributed by atoms with E-state index in [4.69, 9.17) is 10.5 Å². The van der Waals surface area contributed by atoms with Crippen LogP contribution in [0.3, 0.4) is 0 Å². The maximum absolute atomic E-state index is 11.6. The molecule has 0 aliphatic rings. The number of carbonyl (C=O) groups excluding carboxylic acids is 1. The van der Waals surface area contributed by atoms with Crippen molar-refractivity contribution in [1.82, 2.24) is 5.32 Å². The highest BCUT2D eigenvalue weighted by atomic mass is 16.6. The predicted octanol–water partition coefficient (Wildman–Crippen LogP) is 2.55. The van der Waals surface area contributed by atoms with E-state index in [2.05, 4.69) is 5.32 Å². The van der Waals surface area contributed by atoms with Crippen LogP contribution in [0.25, 0.3) is 6.08 Å². The van der Waals surface area contributed by atoms with Crippen molar-refractivity contribution in [3.63, 3.8) is 0 Å². The van der Waals surface area contributed by atoms with Crippen molar-refractivity contribution in [3.8, 4) is 0 Å². The molecule has 1 rings (SSSR count). The number of ether oxygens (including phenoxy) is 1. The number of nitrogens with two attached hydrogens (primary N) is 1. The van der Waals surface area contributed by atoms with Gasteiger partial charge in [0.1, 0.15) is 5.60 Å². The van der Waals surface area contributed by atoms with E-state index in [1.807, 2.05) is 63.3 Å². The van der Waals surface area contributed by atoms with Crippen molar-refractivity contribution < 1.29 is 9.53 Å². The summed E-state index contributed by atoms with van der Waals surface area (Å²) in [4.78, 5) is 11.6. The van der Waals surface area contributed by atoms with Crippen molar-refractivity contribution in [2.24, 2.45) is 5.73 Å². The molecule has 0 saturated heterocycles. The Hall–Kier alpha value is -1.81. The lowest BCUT2D eigenvalue weighted by Crippen LogP contribution is -2.41. The number of benzene rings is 1. The number of rotatable bonds is 4. The van der Waals surface area contributed by atoms with Gasteiger partial charge in [0.2, 0.25) is 0 Å². The molecule has 0 spiro atoms. The topological polar surface area (TPSA) is 64.3 Å². The summed E-state index contributed by atoms with van der Waals surface area (Å²) in [5.41, 5.74) is 6.18. The van der Waals surface area contributed by atoms with Gasteiger partial charge >= 0.3 is 6.09 Å². The van der Waals surface area contributed by atoms with Gasteiger partial charge in [0.25, 0.3) is 0 Å². The van der Waals surface area contributed by atoms with Crippen LogP contribution in [0.2, 0.25) is 0 Å². The minimum atomic E-state index is -0.508. The van der Waals surface area contributed by atoms with Gasteiger partial charge in [0.15, 0.2) is 0 Å². The van der Waals surface area contributed by atoms with Crippen LogP contribution in [-0.2, 0) is 4.74 Å². The largest absolute Gasteiger partial charge is 0.444 e. The first-order valence-electron chi connectivity index (χ1n) is 6.33. The zero-order valence-corrected chi connectivity index (χ0v) is 11.7. The van der Waals surface area contributed by atoms with Crippen LogP contribution in [-0.4, -0.2) is 24.3 Å². The number of hydrogen-bond acceptors (Lipinski definition) is 3. The van der Waals surface area contributed by atoms with Gasteiger partial charge in [-0.05, 0) is 26.3 Å². The first-order chi connectivity index (χ1) is 8.90. The summed E-state index contributed by atoms with van der Waals surface area (Å²) in [6.45, 7) is 5.79. The third-order valence-corrected chi connectivity index (χ3v) is 2.28. The first kappa shape index (κ1) is 15.2. The first-order valence-corrected chi connectivity index (χ1v) is 6.33. The number of hydrogen-bond donors (Lipinski definition) is 2. The maximum Gasteiger partial charge on any atom is 0.408 e. The lowest BCUT2D eigenvalue weighted by atomic mass is 10.1. The molecule has 0 heterocycles. The number of carbonyl (C=O) groups is 1. The molecule has 1 aromatic rings. The number of nitrogens with one attached hydrogen (secondary N) is 1. The molecule has 0 bridgehead atoms. The molecule has 0 radical (unpaired) electrons. The average molecular weight is 262 g/mol. The van der Waals surface area contributed by atoms with Gasteiger partial charge in [0, 0.05) is 6.54 Å². The molecule has 4 heteroatoms. The highest BCUT2D eigenvalue weighted by molar-refractivity contribution is 5.68. The summed E-state index contributed by atoms with van der Waals surface area (Å²) >= 11 is 0. The van der Waals surface area contributed by atoms with Crippen molar-refractivity contribution in [3.05, 3.63) is 42.0 Å². The van der Waals surface area contributed by atoms with E-state index in [0.717, 1.165) is 5.56 Å². The normalized spacial score (nSPS) is 13.3. The summed E-state index contributed by atoms with van der Waals surface area (Å²) in [7, 11) is 0. The molecule has 1 atom stereocenters. The fourth-order valence-electron chi connectivity index (χ4n) is 1.44. The Morgan fingerprint density at radius 2 is 2.00 bits per heavy atom. The van der Waals surface area contributed by atoms with E-state index < -0.39 is 11.7 Å². The van der Waals surface area contributed by atoms with Crippen LogP contribution in [0.5, 0.6) is 0 Å². The molecule has 4 nitrogen and oxygen atoms in total. The molecule has 3 N–H and O–H groups in total. The predicted molar refractivity (Wildman–Crippen MR) is 77.7 cm³/mol. The molecule has 0 aromatic heterocycles. The summed E-state index contributed by atoms with van der Waals surface area (Å²) in [6, 6.07) is 9.60. The van der Waals surface area contributed by atoms with Gasteiger partial charge in [-0.25, -0.2) is 4.79 Å². The molecule has 1 aromatic carbocycles. The summed E-state index contributed by atoms with van der Waals surface area (Å²) in [5.74, 6) is 0. The van der Waals surface area contributed by atoms with Crippen molar-refractivity contribution in [2.75, 3.05) is 6.54 Å². The summed E-state index contributed by atoms with van der Waals surface area (Å²) in [6.07, 6.45) is 3.33. The van der Waals surface area contributed by atoms with Crippen LogP contribution in [0.1, 0.15) is 26.3 Å². The fraction of sp³-hybridized carbons (Fsp3) is 0.400. The quantitative estimate of drug-likeness (QED) is 0.876. The van der Waals surface area contributed by atoms with Crippen LogP contribution in [0.4, 0.5) is 4.79 Å². The SMILES string of the molecule is CC(C)(C)OC(=O)NC(/C=C/c1ccccc1)CN. The monoisotopic (exact) mass is 262 g/mol. The van der Waals surface area contributed by atoms with Gasteiger partial charge in [-0.1, -0.05) is 42.5 Å². The van der Waals surface area contributed by atoms with Crippen LogP contribution in [0, 0.1) is 0 Å². The van der Waals surface area contributed by atoms with Gasteiger partial charge in [-0.3, -0.25) is 0 Å². The maximum atomic E-state index is 11.6. The van der Waals surface area contributed by atoms with Gasteiger partial charge in [-0.15, -0.1) is 0 Å². The molecule has 0 fully saturated rings. The lowest BCUT2D eigenvalue weighted by Gasteiger charge is -2.21. The highest BCUT2D eigenvalue weighted by Crippen LogP contribution is 2.07. The van der Waals surface area contributed by atoms with Crippen LogP contribution < -0.4 is 11.1 Å². The summed E-state index contributed by atoms with van der Waals surface area (Å²) < 4.78 is 5.18. The van der Waals surface area contributed by atoms with Crippen LogP contribution >= 0.6 is 0 Å². The van der Waals surface area contributed by atoms with Crippen molar-refractivity contribution in [2.45, 2.75) is 32.4 Å². The minimum absolute atomic E-state index is 0.241. The standard InChI is InChI=1S/C15H22N2O2/c1-15(2,3)19-14(18)17-13(11-16)10-9-12-7-5-4-6-8-12/h4-10,13H,11,16H2,1-3H3,(H,17,18)/b10-9+. The van der Waals surface area contributed by atoms with Gasteiger partial charge < -0.3 is 15.8 Å². The molecule has 1 amide bonds. The van der Waals surface area contributed by atoms with E-state index in [-0.39, 0.29) is 6.04 Å². The zero-order chi connectivity index (χ0) is 14.3. The molecule has 0 aliphatic carbocycles. The molecular formula is C15H22N2O2. The molecule has 1 unspecified atom stereocenters. The van der Waals surface area contributed by atoms with E-state index in [1.54, 1.807) is 0 Å². The molecule has 19 heavy (non-hydrogen) atoms. The van der Waals surface area contributed by atoms with E-state index in [1.165, 1.54) is 0 Å². The summed E-state index contributed by atoms with van der Waals surface area (Å²) in [5, 5.41) is 2.72. The Bertz CT molecular complexity index is 422.